The largest absolute Gasteiger partial charge is 0.464 e. The second kappa shape index (κ2) is 19.6. The number of pyridine rings is 2. The van der Waals surface area contributed by atoms with E-state index in [9.17, 15) is 19.2 Å². The van der Waals surface area contributed by atoms with Crippen LogP contribution in [0.5, 0.6) is 0 Å². The van der Waals surface area contributed by atoms with Gasteiger partial charge in [-0.3, -0.25) is 19.1 Å². The predicted molar refractivity (Wildman–Crippen MR) is 234 cm³/mol. The van der Waals surface area contributed by atoms with Crippen LogP contribution in [0.25, 0.3) is 21.5 Å². The van der Waals surface area contributed by atoms with Crippen LogP contribution in [-0.2, 0) is 24.4 Å². The highest BCUT2D eigenvalue weighted by atomic mass is 16.5. The maximum absolute atomic E-state index is 13.3. The predicted octanol–water partition coefficient (Wildman–Crippen LogP) is 5.06. The van der Waals surface area contributed by atoms with Gasteiger partial charge in [-0.05, 0) is 69.1 Å². The zero-order valence-electron chi connectivity index (χ0n) is 34.1. The lowest BCUT2D eigenvalue weighted by molar-refractivity contribution is 0.0595. The first-order valence-electron chi connectivity index (χ1n) is 19.8. The minimum absolute atomic E-state index is 0.0513. The molecule has 64 heavy (non-hydrogen) atoms. The molecule has 5 heterocycles. The number of carbonyl (C=O) groups is 4. The molecule has 9 aromatic rings. The maximum Gasteiger partial charge on any atom is 0.358 e. The number of hydrogen-bond acceptors (Lipinski definition) is 13. The average molecular weight is 855 g/mol. The molecule has 0 aliphatic heterocycles. The number of nitrogens with zero attached hydrogens (tertiary/aromatic N) is 11. The molecule has 318 valence electrons. The van der Waals surface area contributed by atoms with Crippen molar-refractivity contribution in [3.8, 4) is 0 Å². The molecule has 0 saturated heterocycles. The van der Waals surface area contributed by atoms with Gasteiger partial charge in [-0.2, -0.15) is 5.10 Å². The quantitative estimate of drug-likeness (QED) is 0.129. The topological polar surface area (TPSA) is 232 Å². The molecule has 0 saturated carbocycles. The first-order valence-corrected chi connectivity index (χ1v) is 19.8. The number of rotatable bonds is 13. The Labute approximate surface area is 364 Å². The van der Waals surface area contributed by atoms with E-state index in [4.69, 9.17) is 4.74 Å². The number of carbonyl (C=O) groups excluding carboxylic acids is 4. The summed E-state index contributed by atoms with van der Waals surface area (Å²) < 4.78 is 9.79. The molecule has 3 N–H and O–H groups in total. The van der Waals surface area contributed by atoms with Crippen LogP contribution in [0, 0.1) is 0 Å². The Morgan fingerprint density at radius 1 is 0.578 bits per heavy atom. The van der Waals surface area contributed by atoms with E-state index < -0.39 is 11.9 Å². The Kier molecular flexibility index (Phi) is 12.8. The summed E-state index contributed by atoms with van der Waals surface area (Å²) in [5.74, 6) is -1.69. The van der Waals surface area contributed by atoms with Crippen LogP contribution >= 0.6 is 0 Å². The second-order valence-corrected chi connectivity index (χ2v) is 14.0. The van der Waals surface area contributed by atoms with Gasteiger partial charge in [0.25, 0.3) is 17.7 Å². The molecule has 0 aliphatic rings. The van der Waals surface area contributed by atoms with E-state index in [-0.39, 0.29) is 23.2 Å². The molecule has 19 nitrogen and oxygen atoms in total. The Morgan fingerprint density at radius 2 is 1.11 bits per heavy atom. The van der Waals surface area contributed by atoms with Crippen molar-refractivity contribution in [2.24, 2.45) is 0 Å². The summed E-state index contributed by atoms with van der Waals surface area (Å²) in [5.41, 5.74) is 3.80. The summed E-state index contributed by atoms with van der Waals surface area (Å²) in [5, 5.41) is 31.6. The number of ether oxygens (including phenoxy) is 1. The van der Waals surface area contributed by atoms with Crippen molar-refractivity contribution >= 4 is 56.6 Å². The van der Waals surface area contributed by atoms with Gasteiger partial charge in [0.1, 0.15) is 12.7 Å². The van der Waals surface area contributed by atoms with Gasteiger partial charge >= 0.3 is 5.97 Å². The third-order valence-electron chi connectivity index (χ3n) is 9.93. The zero-order chi connectivity index (χ0) is 44.3. The Balaban J connectivity index is 0.000000178. The van der Waals surface area contributed by atoms with Crippen LogP contribution in [-0.4, -0.2) is 92.1 Å². The molecule has 0 spiro atoms. The Morgan fingerprint density at radius 3 is 1.61 bits per heavy atom. The molecule has 3 amide bonds. The number of benzene rings is 4. The molecule has 0 radical (unpaired) electrons. The molecule has 0 fully saturated rings. The number of hydrogen-bond donors (Lipinski definition) is 3. The lowest BCUT2D eigenvalue weighted by Gasteiger charge is -2.13. The number of aromatic nitrogens is 11. The van der Waals surface area contributed by atoms with Crippen molar-refractivity contribution in [1.29, 1.82) is 0 Å². The van der Waals surface area contributed by atoms with Crippen LogP contribution in [0.3, 0.4) is 0 Å². The van der Waals surface area contributed by atoms with Crippen molar-refractivity contribution in [3.05, 3.63) is 181 Å². The smallest absolute Gasteiger partial charge is 0.358 e. The molecule has 0 unspecified atom stereocenters. The molecule has 4 aromatic carbocycles. The van der Waals surface area contributed by atoms with Crippen LogP contribution < -0.4 is 16.0 Å². The van der Waals surface area contributed by atoms with Gasteiger partial charge in [0.2, 0.25) is 0 Å². The molecule has 5 aromatic heterocycles. The highest BCUT2D eigenvalue weighted by Gasteiger charge is 2.20. The van der Waals surface area contributed by atoms with Gasteiger partial charge in [0.15, 0.2) is 11.4 Å². The minimum Gasteiger partial charge on any atom is -0.464 e. The molecule has 0 bridgehead atoms. The van der Waals surface area contributed by atoms with E-state index in [2.05, 4.69) is 56.6 Å². The number of methoxy groups -OCH3 is 1. The second-order valence-electron chi connectivity index (χ2n) is 14.0. The number of nitrogens with one attached hydrogen (secondary N) is 3. The van der Waals surface area contributed by atoms with Crippen molar-refractivity contribution in [1.82, 2.24) is 60.0 Å². The number of fused-ring (bicyclic) bond motifs is 2. The summed E-state index contributed by atoms with van der Waals surface area (Å²) in [6.45, 7) is 1.87. The highest BCUT2D eigenvalue weighted by Crippen LogP contribution is 2.27. The van der Waals surface area contributed by atoms with Gasteiger partial charge in [0, 0.05) is 42.5 Å². The Bertz CT molecular complexity index is 3060. The van der Waals surface area contributed by atoms with Crippen molar-refractivity contribution in [2.75, 3.05) is 24.3 Å². The van der Waals surface area contributed by atoms with Gasteiger partial charge < -0.3 is 20.7 Å². The summed E-state index contributed by atoms with van der Waals surface area (Å²) >= 11 is 0. The van der Waals surface area contributed by atoms with Gasteiger partial charge in [0.05, 0.1) is 50.5 Å². The van der Waals surface area contributed by atoms with E-state index >= 15 is 0 Å². The molecule has 19 heteroatoms. The summed E-state index contributed by atoms with van der Waals surface area (Å²) in [6, 6.07) is 29.2. The normalized spacial score (nSPS) is 10.8. The fraction of sp³-hybridized carbons (Fsp3) is 0.111. The SMILES string of the molecule is COC(=O)c1ncccc1NC(=O)c1ccc(Cn2ccnn2)c2ccccc12.O=C(NCCn1cncn1)c1ncccc1NC(=O)c1ccc(Cn2ccnn2)c2ccccc12. The number of esters is 1. The van der Waals surface area contributed by atoms with E-state index in [1.165, 1.54) is 25.8 Å². The van der Waals surface area contributed by atoms with Crippen LogP contribution in [0.2, 0.25) is 0 Å². The lowest BCUT2D eigenvalue weighted by Crippen LogP contribution is -2.29. The van der Waals surface area contributed by atoms with Crippen LogP contribution in [0.1, 0.15) is 52.8 Å². The van der Waals surface area contributed by atoms with Crippen molar-refractivity contribution in [3.63, 3.8) is 0 Å². The molecule has 9 rings (SSSR count). The summed E-state index contributed by atoms with van der Waals surface area (Å²) in [4.78, 5) is 63.0. The third-order valence-corrected chi connectivity index (χ3v) is 9.93. The van der Waals surface area contributed by atoms with Crippen molar-refractivity contribution < 1.29 is 23.9 Å². The maximum atomic E-state index is 13.3. The zero-order valence-corrected chi connectivity index (χ0v) is 34.1. The first-order chi connectivity index (χ1) is 31.4. The Hall–Kier alpha value is -9.00. The minimum atomic E-state index is -0.617. The molecule has 0 aliphatic carbocycles. The lowest BCUT2D eigenvalue weighted by atomic mass is 9.99. The number of amides is 3. The van der Waals surface area contributed by atoms with Crippen LogP contribution in [0.4, 0.5) is 11.4 Å². The summed E-state index contributed by atoms with van der Waals surface area (Å²) in [6.07, 6.45) is 12.8. The van der Waals surface area contributed by atoms with E-state index in [0.717, 1.165) is 32.7 Å². The number of anilines is 2. The molecule has 0 atom stereocenters. The van der Waals surface area contributed by atoms with Gasteiger partial charge in [-0.15, -0.1) is 10.2 Å². The van der Waals surface area contributed by atoms with E-state index in [1.54, 1.807) is 81.6 Å². The van der Waals surface area contributed by atoms with Gasteiger partial charge in [-0.25, -0.2) is 29.1 Å². The average Bonchev–Trinajstić information content (AvgIpc) is 4.16. The molecular formula is C45H38N14O5. The van der Waals surface area contributed by atoms with E-state index in [0.29, 0.717) is 48.7 Å². The monoisotopic (exact) mass is 854 g/mol. The fourth-order valence-corrected chi connectivity index (χ4v) is 6.93. The van der Waals surface area contributed by atoms with E-state index in [1.807, 2.05) is 60.7 Å². The summed E-state index contributed by atoms with van der Waals surface area (Å²) in [7, 11) is 1.27. The van der Waals surface area contributed by atoms with Gasteiger partial charge in [-0.1, -0.05) is 71.1 Å². The third kappa shape index (κ3) is 9.63. The van der Waals surface area contributed by atoms with Crippen molar-refractivity contribution in [2.45, 2.75) is 19.6 Å². The van der Waals surface area contributed by atoms with Crippen LogP contribution in [0.15, 0.2) is 147 Å². The standard InChI is InChI=1S/C24H21N9O2.C21H17N5O3/c34-23(20-8-7-17(14-32-13-11-28-31-32)18-4-1-2-5-19(18)20)30-21-6-3-9-26-22(21)24(35)27-10-12-33-16-25-15-29-33;1-29-21(28)19-18(7-4-10-22-19)24-20(27)17-9-8-14(13-26-12-11-23-25-26)15-5-2-3-6-16(15)17/h1-9,11,13,15-16H,10,12,14H2,(H,27,35)(H,30,34);2-12H,13H2,1H3,(H,24,27). The fourth-order valence-electron chi connectivity index (χ4n) is 6.93. The first kappa shape index (κ1) is 41.7. The molecular weight excluding hydrogens is 817 g/mol. The highest BCUT2D eigenvalue weighted by molar-refractivity contribution is 6.16.